The lowest BCUT2D eigenvalue weighted by molar-refractivity contribution is -0.119. The van der Waals surface area contributed by atoms with Gasteiger partial charge in [0.1, 0.15) is 5.75 Å². The van der Waals surface area contributed by atoms with E-state index >= 15 is 0 Å². The first-order valence-electron chi connectivity index (χ1n) is 5.18. The first-order chi connectivity index (χ1) is 8.27. The van der Waals surface area contributed by atoms with Gasteiger partial charge < -0.3 is 10.5 Å². The minimum atomic E-state index is -0.494. The van der Waals surface area contributed by atoms with Gasteiger partial charge in [0.15, 0.2) is 6.61 Å². The summed E-state index contributed by atoms with van der Waals surface area (Å²) >= 11 is 0. The van der Waals surface area contributed by atoms with Crippen LogP contribution in [0.25, 0.3) is 11.1 Å². The maximum atomic E-state index is 10.7. The molecule has 2 rings (SSSR count). The molecule has 0 aliphatic heterocycles. The summed E-state index contributed by atoms with van der Waals surface area (Å²) in [5.41, 5.74) is 6.88. The monoisotopic (exact) mass is 228 g/mol. The second-order valence-electron chi connectivity index (χ2n) is 3.49. The molecule has 1 aromatic heterocycles. The van der Waals surface area contributed by atoms with Crippen molar-refractivity contribution in [1.29, 1.82) is 0 Å². The van der Waals surface area contributed by atoms with Crippen molar-refractivity contribution in [1.82, 2.24) is 4.98 Å². The molecular formula is C13H12N2O2. The zero-order valence-electron chi connectivity index (χ0n) is 9.17. The summed E-state index contributed by atoms with van der Waals surface area (Å²) in [4.78, 5) is 14.8. The third-order valence-corrected chi connectivity index (χ3v) is 2.23. The van der Waals surface area contributed by atoms with Crippen LogP contribution in [0, 0.1) is 0 Å². The number of hydrogen-bond acceptors (Lipinski definition) is 3. The van der Waals surface area contributed by atoms with Gasteiger partial charge in [0, 0.05) is 23.5 Å². The summed E-state index contributed by atoms with van der Waals surface area (Å²) in [6.45, 7) is -0.128. The molecule has 2 aromatic rings. The predicted octanol–water partition coefficient (Wildman–Crippen LogP) is 1.61. The van der Waals surface area contributed by atoms with Crippen LogP contribution in [0.2, 0.25) is 0 Å². The topological polar surface area (TPSA) is 65.2 Å². The number of carbonyl (C=O) groups excluding carboxylic acids is 1. The molecule has 1 amide bonds. The molecule has 0 fully saturated rings. The molecule has 0 saturated heterocycles. The molecule has 0 spiro atoms. The van der Waals surface area contributed by atoms with Crippen molar-refractivity contribution in [2.75, 3.05) is 6.61 Å². The summed E-state index contributed by atoms with van der Waals surface area (Å²) in [7, 11) is 0. The van der Waals surface area contributed by atoms with Crippen LogP contribution in [0.1, 0.15) is 0 Å². The van der Waals surface area contributed by atoms with Gasteiger partial charge in [0.2, 0.25) is 0 Å². The van der Waals surface area contributed by atoms with Gasteiger partial charge in [-0.05, 0) is 12.1 Å². The van der Waals surface area contributed by atoms with Crippen molar-refractivity contribution in [3.63, 3.8) is 0 Å². The third-order valence-electron chi connectivity index (χ3n) is 2.23. The fourth-order valence-electron chi connectivity index (χ4n) is 1.50. The van der Waals surface area contributed by atoms with Crippen molar-refractivity contribution in [3.05, 3.63) is 48.8 Å². The molecule has 17 heavy (non-hydrogen) atoms. The Kier molecular flexibility index (Phi) is 3.35. The molecule has 0 saturated carbocycles. The Labute approximate surface area is 99.1 Å². The maximum absolute atomic E-state index is 10.7. The molecule has 4 nitrogen and oxygen atoms in total. The van der Waals surface area contributed by atoms with Gasteiger partial charge in [0.05, 0.1) is 0 Å². The Morgan fingerprint density at radius 2 is 2.06 bits per heavy atom. The van der Waals surface area contributed by atoms with Crippen molar-refractivity contribution in [3.8, 4) is 16.9 Å². The first-order valence-corrected chi connectivity index (χ1v) is 5.18. The van der Waals surface area contributed by atoms with E-state index in [9.17, 15) is 4.79 Å². The Hall–Kier alpha value is -2.36. The van der Waals surface area contributed by atoms with E-state index in [4.69, 9.17) is 10.5 Å². The van der Waals surface area contributed by atoms with Gasteiger partial charge in [-0.3, -0.25) is 9.78 Å². The van der Waals surface area contributed by atoms with Crippen LogP contribution in [0.5, 0.6) is 5.75 Å². The normalized spacial score (nSPS) is 9.88. The summed E-state index contributed by atoms with van der Waals surface area (Å²) in [6.07, 6.45) is 3.45. The minimum absolute atomic E-state index is 0.128. The Balaban J connectivity index is 2.31. The lowest BCUT2D eigenvalue weighted by Gasteiger charge is -2.09. The zero-order valence-corrected chi connectivity index (χ0v) is 9.17. The Bertz CT molecular complexity index is 512. The summed E-state index contributed by atoms with van der Waals surface area (Å²) in [5, 5.41) is 0. The molecule has 2 N–H and O–H groups in total. The number of rotatable bonds is 4. The van der Waals surface area contributed by atoms with E-state index in [1.165, 1.54) is 0 Å². The molecule has 1 aromatic carbocycles. The number of nitrogens with two attached hydrogens (primary N) is 1. The number of pyridine rings is 1. The highest BCUT2D eigenvalue weighted by molar-refractivity contribution is 5.76. The fraction of sp³-hybridized carbons (Fsp3) is 0.0769. The number of nitrogens with zero attached hydrogens (tertiary/aromatic N) is 1. The first kappa shape index (κ1) is 11.1. The van der Waals surface area contributed by atoms with E-state index in [0.717, 1.165) is 11.1 Å². The zero-order chi connectivity index (χ0) is 12.1. The molecule has 4 heteroatoms. The van der Waals surface area contributed by atoms with Crippen LogP contribution >= 0.6 is 0 Å². The van der Waals surface area contributed by atoms with Crippen LogP contribution in [0.3, 0.4) is 0 Å². The van der Waals surface area contributed by atoms with E-state index in [1.54, 1.807) is 18.5 Å². The van der Waals surface area contributed by atoms with E-state index < -0.39 is 5.91 Å². The highest BCUT2D eigenvalue weighted by Crippen LogP contribution is 2.28. The van der Waals surface area contributed by atoms with Crippen molar-refractivity contribution >= 4 is 5.91 Å². The molecule has 86 valence electrons. The highest BCUT2D eigenvalue weighted by atomic mass is 16.5. The van der Waals surface area contributed by atoms with Gasteiger partial charge in [0.25, 0.3) is 5.91 Å². The molecule has 0 atom stereocenters. The lowest BCUT2D eigenvalue weighted by atomic mass is 10.1. The lowest BCUT2D eigenvalue weighted by Crippen LogP contribution is -2.20. The molecule has 0 aliphatic carbocycles. The molecule has 0 bridgehead atoms. The Morgan fingerprint density at radius 3 is 2.76 bits per heavy atom. The number of hydrogen-bond donors (Lipinski definition) is 1. The van der Waals surface area contributed by atoms with Crippen molar-refractivity contribution in [2.45, 2.75) is 0 Å². The third kappa shape index (κ3) is 2.81. The highest BCUT2D eigenvalue weighted by Gasteiger charge is 2.06. The van der Waals surface area contributed by atoms with Crippen LogP contribution in [0.15, 0.2) is 48.8 Å². The second-order valence-corrected chi connectivity index (χ2v) is 3.49. The van der Waals surface area contributed by atoms with Crippen molar-refractivity contribution in [2.24, 2.45) is 5.73 Å². The van der Waals surface area contributed by atoms with E-state index in [0.29, 0.717) is 5.75 Å². The molecule has 0 radical (unpaired) electrons. The predicted molar refractivity (Wildman–Crippen MR) is 64.4 cm³/mol. The van der Waals surface area contributed by atoms with Crippen LogP contribution in [0.4, 0.5) is 0 Å². The molecule has 0 aliphatic rings. The van der Waals surface area contributed by atoms with Gasteiger partial charge in [-0.25, -0.2) is 0 Å². The van der Waals surface area contributed by atoms with E-state index in [-0.39, 0.29) is 6.61 Å². The molecular weight excluding hydrogens is 216 g/mol. The summed E-state index contributed by atoms with van der Waals surface area (Å²) < 4.78 is 5.35. The fourth-order valence-corrected chi connectivity index (χ4v) is 1.50. The smallest absolute Gasteiger partial charge is 0.255 e. The number of benzene rings is 1. The molecule has 1 heterocycles. The average molecular weight is 228 g/mol. The number of aromatic nitrogens is 1. The summed E-state index contributed by atoms with van der Waals surface area (Å²) in [6, 6.07) is 11.2. The van der Waals surface area contributed by atoms with Crippen LogP contribution in [-0.2, 0) is 4.79 Å². The number of amides is 1. The second kappa shape index (κ2) is 5.12. The minimum Gasteiger partial charge on any atom is -0.483 e. The van der Waals surface area contributed by atoms with Crippen LogP contribution < -0.4 is 10.5 Å². The summed E-state index contributed by atoms with van der Waals surface area (Å²) in [5.74, 6) is 0.130. The molecule has 0 unspecified atom stereocenters. The largest absolute Gasteiger partial charge is 0.483 e. The quantitative estimate of drug-likeness (QED) is 0.864. The number of ether oxygens (including phenoxy) is 1. The van der Waals surface area contributed by atoms with Gasteiger partial charge >= 0.3 is 0 Å². The SMILES string of the molecule is NC(=O)COc1ccccc1-c1cccnc1. The number of primary amides is 1. The van der Waals surface area contributed by atoms with Gasteiger partial charge in [-0.1, -0.05) is 24.3 Å². The van der Waals surface area contributed by atoms with Gasteiger partial charge in [-0.2, -0.15) is 0 Å². The maximum Gasteiger partial charge on any atom is 0.255 e. The van der Waals surface area contributed by atoms with E-state index in [1.807, 2.05) is 30.3 Å². The standard InChI is InChI=1S/C13H12N2O2/c14-13(16)9-17-12-6-2-1-5-11(12)10-4-3-7-15-8-10/h1-8H,9H2,(H2,14,16). The van der Waals surface area contributed by atoms with Crippen LogP contribution in [-0.4, -0.2) is 17.5 Å². The van der Waals surface area contributed by atoms with Gasteiger partial charge in [-0.15, -0.1) is 0 Å². The average Bonchev–Trinajstić information content (AvgIpc) is 2.38. The number of para-hydroxylation sites is 1. The Morgan fingerprint density at radius 1 is 1.24 bits per heavy atom. The van der Waals surface area contributed by atoms with Crippen molar-refractivity contribution < 1.29 is 9.53 Å². The number of carbonyl (C=O) groups is 1. The van der Waals surface area contributed by atoms with E-state index in [2.05, 4.69) is 4.98 Å².